The van der Waals surface area contributed by atoms with E-state index in [9.17, 15) is 9.59 Å². The third-order valence-corrected chi connectivity index (χ3v) is 3.87. The van der Waals surface area contributed by atoms with Crippen LogP contribution >= 0.6 is 11.6 Å². The van der Waals surface area contributed by atoms with Crippen LogP contribution in [0.15, 0.2) is 24.3 Å². The summed E-state index contributed by atoms with van der Waals surface area (Å²) in [7, 11) is 0. The van der Waals surface area contributed by atoms with Crippen LogP contribution in [0.5, 0.6) is 0 Å². The lowest BCUT2D eigenvalue weighted by molar-refractivity contribution is -0.136. The van der Waals surface area contributed by atoms with E-state index >= 15 is 0 Å². The summed E-state index contributed by atoms with van der Waals surface area (Å²) in [4.78, 5) is 26.7. The van der Waals surface area contributed by atoms with Crippen LogP contribution in [0.2, 0.25) is 5.02 Å². The Morgan fingerprint density at radius 1 is 1.19 bits per heavy atom. The number of carbonyl (C=O) groups is 2. The average molecular weight is 312 g/mol. The summed E-state index contributed by atoms with van der Waals surface area (Å²) in [5.74, 6) is -0.726. The molecule has 6 nitrogen and oxygen atoms in total. The molecule has 1 aliphatic rings. The van der Waals surface area contributed by atoms with Gasteiger partial charge in [-0.2, -0.15) is 0 Å². The lowest BCUT2D eigenvalue weighted by atomic mass is 10.0. The largest absolute Gasteiger partial charge is 0.387 e. The molecule has 1 aromatic carbocycles. The predicted molar refractivity (Wildman–Crippen MR) is 78.6 cm³/mol. The predicted octanol–water partition coefficient (Wildman–Crippen LogP) is 0.00290. The van der Waals surface area contributed by atoms with Gasteiger partial charge in [-0.25, -0.2) is 0 Å². The van der Waals surface area contributed by atoms with Crippen molar-refractivity contribution in [3.8, 4) is 0 Å². The van der Waals surface area contributed by atoms with Gasteiger partial charge in [0.15, 0.2) is 0 Å². The monoisotopic (exact) mass is 311 g/mol. The summed E-state index contributed by atoms with van der Waals surface area (Å²) >= 11 is 5.85. The third kappa shape index (κ3) is 3.72. The van der Waals surface area contributed by atoms with Crippen molar-refractivity contribution in [1.29, 1.82) is 0 Å². The summed E-state index contributed by atoms with van der Waals surface area (Å²) in [6, 6.07) is 6.47. The standard InChI is InChI=1S/C14H18ClN3O3/c15-11-3-1-10(2-4-11)13(14(16)21)18-7-5-17(6-8-18)12(20)9-19/h1-4,13,19H,5-9H2,(H2,16,21). The number of nitrogens with two attached hydrogens (primary N) is 1. The lowest BCUT2D eigenvalue weighted by Crippen LogP contribution is -2.52. The fraction of sp³-hybridized carbons (Fsp3) is 0.429. The van der Waals surface area contributed by atoms with Gasteiger partial charge in [-0.3, -0.25) is 14.5 Å². The van der Waals surface area contributed by atoms with E-state index in [1.807, 2.05) is 4.90 Å². The van der Waals surface area contributed by atoms with Crippen LogP contribution in [-0.4, -0.2) is 59.5 Å². The van der Waals surface area contributed by atoms with E-state index in [-0.39, 0.29) is 5.91 Å². The normalized spacial score (nSPS) is 17.5. The summed E-state index contributed by atoms with van der Waals surface area (Å²) < 4.78 is 0. The van der Waals surface area contributed by atoms with Crippen molar-refractivity contribution in [2.75, 3.05) is 32.8 Å². The van der Waals surface area contributed by atoms with E-state index in [0.717, 1.165) is 5.56 Å². The molecule has 2 amide bonds. The van der Waals surface area contributed by atoms with Gasteiger partial charge in [0.2, 0.25) is 11.8 Å². The number of amides is 2. The van der Waals surface area contributed by atoms with E-state index in [4.69, 9.17) is 22.4 Å². The molecule has 1 aliphatic heterocycles. The maximum atomic E-state index is 11.8. The Labute approximate surface area is 128 Å². The number of hydrogen-bond acceptors (Lipinski definition) is 4. The molecule has 3 N–H and O–H groups in total. The van der Waals surface area contributed by atoms with Crippen LogP contribution in [0, 0.1) is 0 Å². The number of carbonyl (C=O) groups excluding carboxylic acids is 2. The molecule has 1 saturated heterocycles. The molecule has 1 heterocycles. The topological polar surface area (TPSA) is 86.9 Å². The van der Waals surface area contributed by atoms with E-state index in [1.54, 1.807) is 29.2 Å². The average Bonchev–Trinajstić information content (AvgIpc) is 2.49. The van der Waals surface area contributed by atoms with Crippen molar-refractivity contribution >= 4 is 23.4 Å². The minimum Gasteiger partial charge on any atom is -0.387 e. The minimum atomic E-state index is -0.534. The Kier molecular flexibility index (Phi) is 5.17. The number of aliphatic hydroxyl groups is 1. The number of halogens is 1. The first kappa shape index (κ1) is 15.8. The Hall–Kier alpha value is -1.63. The molecule has 0 aromatic heterocycles. The highest BCUT2D eigenvalue weighted by atomic mass is 35.5. The Morgan fingerprint density at radius 3 is 2.24 bits per heavy atom. The van der Waals surface area contributed by atoms with Crippen molar-refractivity contribution in [2.45, 2.75) is 6.04 Å². The van der Waals surface area contributed by atoms with E-state index < -0.39 is 18.6 Å². The van der Waals surface area contributed by atoms with E-state index in [1.165, 1.54) is 0 Å². The van der Waals surface area contributed by atoms with Crippen molar-refractivity contribution < 1.29 is 14.7 Å². The van der Waals surface area contributed by atoms with Crippen molar-refractivity contribution in [3.63, 3.8) is 0 Å². The van der Waals surface area contributed by atoms with Crippen molar-refractivity contribution in [2.24, 2.45) is 5.73 Å². The number of rotatable bonds is 4. The highest BCUT2D eigenvalue weighted by Crippen LogP contribution is 2.23. The number of primary amides is 1. The van der Waals surface area contributed by atoms with Crippen molar-refractivity contribution in [3.05, 3.63) is 34.9 Å². The lowest BCUT2D eigenvalue weighted by Gasteiger charge is -2.38. The first-order chi connectivity index (χ1) is 10.0. The maximum absolute atomic E-state index is 11.8. The fourth-order valence-electron chi connectivity index (χ4n) is 2.53. The summed E-state index contributed by atoms with van der Waals surface area (Å²) in [6.07, 6.45) is 0. The van der Waals surface area contributed by atoms with Gasteiger partial charge in [0.1, 0.15) is 12.6 Å². The molecule has 0 spiro atoms. The van der Waals surface area contributed by atoms with Crippen molar-refractivity contribution in [1.82, 2.24) is 9.80 Å². The Balaban J connectivity index is 2.09. The third-order valence-electron chi connectivity index (χ3n) is 3.62. The quantitative estimate of drug-likeness (QED) is 0.819. The van der Waals surface area contributed by atoms with Gasteiger partial charge in [0.05, 0.1) is 0 Å². The van der Waals surface area contributed by atoms with Gasteiger partial charge < -0.3 is 15.7 Å². The molecule has 0 aliphatic carbocycles. The maximum Gasteiger partial charge on any atom is 0.248 e. The highest BCUT2D eigenvalue weighted by molar-refractivity contribution is 6.30. The number of hydrogen-bond donors (Lipinski definition) is 2. The van der Waals surface area contributed by atoms with Gasteiger partial charge in [-0.15, -0.1) is 0 Å². The molecule has 1 atom stereocenters. The molecule has 1 aromatic rings. The second kappa shape index (κ2) is 6.89. The minimum absolute atomic E-state index is 0.295. The Bertz CT molecular complexity index is 513. The van der Waals surface area contributed by atoms with Crippen LogP contribution in [0.25, 0.3) is 0 Å². The zero-order valence-electron chi connectivity index (χ0n) is 11.5. The number of nitrogens with zero attached hydrogens (tertiary/aromatic N) is 2. The zero-order valence-corrected chi connectivity index (χ0v) is 12.3. The molecular formula is C14H18ClN3O3. The van der Waals surface area contributed by atoms with Crippen LogP contribution in [0.4, 0.5) is 0 Å². The summed E-state index contributed by atoms with van der Waals surface area (Å²) in [5, 5.41) is 9.46. The molecule has 1 unspecified atom stereocenters. The first-order valence-corrected chi connectivity index (χ1v) is 7.08. The SMILES string of the molecule is NC(=O)C(c1ccc(Cl)cc1)N1CCN(C(=O)CO)CC1. The second-order valence-corrected chi connectivity index (χ2v) is 5.37. The fourth-order valence-corrected chi connectivity index (χ4v) is 2.66. The highest BCUT2D eigenvalue weighted by Gasteiger charge is 2.30. The van der Waals surface area contributed by atoms with Gasteiger partial charge in [-0.05, 0) is 17.7 Å². The molecule has 21 heavy (non-hydrogen) atoms. The second-order valence-electron chi connectivity index (χ2n) is 4.93. The molecule has 0 saturated carbocycles. The molecule has 114 valence electrons. The molecule has 1 fully saturated rings. The van der Waals surface area contributed by atoms with Gasteiger partial charge in [-0.1, -0.05) is 23.7 Å². The molecular weight excluding hydrogens is 294 g/mol. The molecule has 0 bridgehead atoms. The van der Waals surface area contributed by atoms with Gasteiger partial charge in [0, 0.05) is 31.2 Å². The summed E-state index contributed by atoms with van der Waals surface area (Å²) in [6.45, 7) is 1.51. The zero-order chi connectivity index (χ0) is 15.4. The number of aliphatic hydroxyl groups excluding tert-OH is 1. The van der Waals surface area contributed by atoms with E-state index in [0.29, 0.717) is 31.2 Å². The molecule has 2 rings (SSSR count). The van der Waals surface area contributed by atoms with Gasteiger partial charge >= 0.3 is 0 Å². The summed E-state index contributed by atoms with van der Waals surface area (Å²) in [5.41, 5.74) is 6.31. The van der Waals surface area contributed by atoms with Crippen LogP contribution < -0.4 is 5.73 Å². The smallest absolute Gasteiger partial charge is 0.248 e. The van der Waals surface area contributed by atoms with Crippen LogP contribution in [-0.2, 0) is 9.59 Å². The van der Waals surface area contributed by atoms with E-state index in [2.05, 4.69) is 0 Å². The van der Waals surface area contributed by atoms with Gasteiger partial charge in [0.25, 0.3) is 0 Å². The molecule has 7 heteroatoms. The van der Waals surface area contributed by atoms with Crippen LogP contribution in [0.1, 0.15) is 11.6 Å². The first-order valence-electron chi connectivity index (χ1n) is 6.70. The number of piperazine rings is 1. The van der Waals surface area contributed by atoms with Crippen LogP contribution in [0.3, 0.4) is 0 Å². The number of benzene rings is 1. The molecule has 0 radical (unpaired) electrons. The Morgan fingerprint density at radius 2 is 1.76 bits per heavy atom.